The fourth-order valence-corrected chi connectivity index (χ4v) is 2.64. The Bertz CT molecular complexity index is 249. The van der Waals surface area contributed by atoms with E-state index in [1.165, 1.54) is 0 Å². The summed E-state index contributed by atoms with van der Waals surface area (Å²) in [5, 5.41) is 3.49. The van der Waals surface area contributed by atoms with Crippen molar-refractivity contribution in [3.05, 3.63) is 0 Å². The summed E-state index contributed by atoms with van der Waals surface area (Å²) in [5.74, 6) is 0.260. The highest BCUT2D eigenvalue weighted by atomic mass is 35.5. The Balaban J connectivity index is 0.00000289. The van der Waals surface area contributed by atoms with Crippen molar-refractivity contribution in [3.63, 3.8) is 0 Å². The van der Waals surface area contributed by atoms with E-state index in [0.29, 0.717) is 12.1 Å². The molecule has 1 heterocycles. The predicted molar refractivity (Wildman–Crippen MR) is 78.3 cm³/mol. The van der Waals surface area contributed by atoms with Crippen molar-refractivity contribution in [2.24, 2.45) is 0 Å². The van der Waals surface area contributed by atoms with E-state index in [0.717, 1.165) is 26.2 Å². The van der Waals surface area contributed by atoms with Crippen molar-refractivity contribution in [1.82, 2.24) is 15.1 Å². The van der Waals surface area contributed by atoms with Gasteiger partial charge in [-0.25, -0.2) is 0 Å². The molecule has 1 saturated heterocycles. The second-order valence-corrected chi connectivity index (χ2v) is 5.11. The summed E-state index contributed by atoms with van der Waals surface area (Å²) in [6.45, 7) is 14.0. The molecule has 18 heavy (non-hydrogen) atoms. The van der Waals surface area contributed by atoms with E-state index in [-0.39, 0.29) is 24.4 Å². The van der Waals surface area contributed by atoms with Crippen molar-refractivity contribution in [2.75, 3.05) is 26.2 Å². The third-order valence-corrected chi connectivity index (χ3v) is 3.57. The van der Waals surface area contributed by atoms with Crippen LogP contribution in [0, 0.1) is 0 Å². The van der Waals surface area contributed by atoms with E-state index < -0.39 is 0 Å². The quantitative estimate of drug-likeness (QED) is 0.843. The number of halogens is 1. The number of likely N-dealkylation sites (N-methyl/N-ethyl adjacent to an activating group) is 1. The highest BCUT2D eigenvalue weighted by Crippen LogP contribution is 2.10. The maximum absolute atomic E-state index is 12.3. The number of carbonyl (C=O) groups excluding carboxylic acids is 1. The van der Waals surface area contributed by atoms with Gasteiger partial charge < -0.3 is 10.2 Å². The van der Waals surface area contributed by atoms with Gasteiger partial charge in [-0.05, 0) is 34.6 Å². The Morgan fingerprint density at radius 3 is 2.11 bits per heavy atom. The second kappa shape index (κ2) is 7.97. The smallest absolute Gasteiger partial charge is 0.239 e. The molecular weight excluding hydrogens is 250 g/mol. The van der Waals surface area contributed by atoms with Crippen LogP contribution in [0.4, 0.5) is 0 Å². The number of carbonyl (C=O) groups is 1. The molecule has 3 atom stereocenters. The van der Waals surface area contributed by atoms with Gasteiger partial charge in [0.1, 0.15) is 0 Å². The van der Waals surface area contributed by atoms with Crippen molar-refractivity contribution in [1.29, 1.82) is 0 Å². The van der Waals surface area contributed by atoms with Gasteiger partial charge in [-0.1, -0.05) is 0 Å². The fourth-order valence-electron chi connectivity index (χ4n) is 2.64. The van der Waals surface area contributed by atoms with Crippen LogP contribution in [-0.4, -0.2) is 60.0 Å². The topological polar surface area (TPSA) is 35.6 Å². The van der Waals surface area contributed by atoms with Gasteiger partial charge in [0, 0.05) is 38.3 Å². The van der Waals surface area contributed by atoms with Gasteiger partial charge in [-0.15, -0.1) is 12.4 Å². The van der Waals surface area contributed by atoms with Gasteiger partial charge in [-0.3, -0.25) is 9.69 Å². The number of nitrogens with one attached hydrogen (secondary N) is 1. The van der Waals surface area contributed by atoms with Crippen LogP contribution in [0.5, 0.6) is 0 Å². The molecule has 1 fully saturated rings. The predicted octanol–water partition coefficient (Wildman–Crippen LogP) is 1.35. The van der Waals surface area contributed by atoms with Crippen LogP contribution in [-0.2, 0) is 4.79 Å². The zero-order valence-corrected chi connectivity index (χ0v) is 13.1. The van der Waals surface area contributed by atoms with Gasteiger partial charge in [0.2, 0.25) is 5.91 Å². The van der Waals surface area contributed by atoms with Crippen molar-refractivity contribution in [2.45, 2.75) is 52.7 Å². The molecular formula is C13H28ClN3O. The summed E-state index contributed by atoms with van der Waals surface area (Å²) in [5.41, 5.74) is 0. The molecule has 0 radical (unpaired) electrons. The molecule has 0 aliphatic carbocycles. The Morgan fingerprint density at radius 1 is 1.28 bits per heavy atom. The zero-order chi connectivity index (χ0) is 13.0. The molecule has 0 aromatic carbocycles. The van der Waals surface area contributed by atoms with Crippen molar-refractivity contribution < 1.29 is 4.79 Å². The third-order valence-electron chi connectivity index (χ3n) is 3.57. The molecule has 0 spiro atoms. The summed E-state index contributed by atoms with van der Waals surface area (Å²) < 4.78 is 0. The first kappa shape index (κ1) is 17.7. The molecule has 1 aliphatic heterocycles. The molecule has 1 rings (SSSR count). The molecule has 0 bridgehead atoms. The third kappa shape index (κ3) is 4.41. The number of piperazine rings is 1. The molecule has 1 amide bonds. The van der Waals surface area contributed by atoms with E-state index in [9.17, 15) is 4.79 Å². The SMILES string of the molecule is CCN(CC)C(=O)C(C)N1CC(C)NC(C)C1.Cl. The molecule has 0 aromatic heterocycles. The first-order valence-electron chi connectivity index (χ1n) is 6.78. The highest BCUT2D eigenvalue weighted by Gasteiger charge is 2.29. The summed E-state index contributed by atoms with van der Waals surface area (Å²) in [6, 6.07) is 0.929. The molecule has 3 unspecified atom stereocenters. The summed E-state index contributed by atoms with van der Waals surface area (Å²) in [7, 11) is 0. The molecule has 0 saturated carbocycles. The largest absolute Gasteiger partial charge is 0.342 e. The lowest BCUT2D eigenvalue weighted by molar-refractivity contribution is -0.136. The van der Waals surface area contributed by atoms with E-state index in [2.05, 4.69) is 24.1 Å². The Kier molecular flexibility index (Phi) is 7.83. The fraction of sp³-hybridized carbons (Fsp3) is 0.923. The van der Waals surface area contributed by atoms with Crippen LogP contribution in [0.25, 0.3) is 0 Å². The Labute approximate surface area is 117 Å². The minimum absolute atomic E-state index is 0. The number of rotatable bonds is 4. The maximum atomic E-state index is 12.3. The van der Waals surface area contributed by atoms with E-state index in [1.54, 1.807) is 0 Å². The monoisotopic (exact) mass is 277 g/mol. The van der Waals surface area contributed by atoms with Gasteiger partial charge in [0.05, 0.1) is 6.04 Å². The zero-order valence-electron chi connectivity index (χ0n) is 12.3. The highest BCUT2D eigenvalue weighted by molar-refractivity contribution is 5.85. The van der Waals surface area contributed by atoms with Crippen LogP contribution in [0.2, 0.25) is 0 Å². The van der Waals surface area contributed by atoms with E-state index in [1.807, 2.05) is 25.7 Å². The van der Waals surface area contributed by atoms with Gasteiger partial charge in [0.15, 0.2) is 0 Å². The second-order valence-electron chi connectivity index (χ2n) is 5.11. The number of hydrogen-bond donors (Lipinski definition) is 1. The average molecular weight is 278 g/mol. The van der Waals surface area contributed by atoms with Gasteiger partial charge in [-0.2, -0.15) is 0 Å². The van der Waals surface area contributed by atoms with Crippen LogP contribution < -0.4 is 5.32 Å². The summed E-state index contributed by atoms with van der Waals surface area (Å²) >= 11 is 0. The summed E-state index contributed by atoms with van der Waals surface area (Å²) in [4.78, 5) is 16.5. The van der Waals surface area contributed by atoms with Crippen LogP contribution in [0.15, 0.2) is 0 Å². The van der Waals surface area contributed by atoms with E-state index in [4.69, 9.17) is 0 Å². The van der Waals surface area contributed by atoms with E-state index >= 15 is 0 Å². The lowest BCUT2D eigenvalue weighted by Crippen LogP contribution is -2.59. The normalized spacial score (nSPS) is 26.3. The first-order chi connectivity index (χ1) is 7.99. The maximum Gasteiger partial charge on any atom is 0.239 e. The lowest BCUT2D eigenvalue weighted by atomic mass is 10.1. The minimum atomic E-state index is 0. The summed E-state index contributed by atoms with van der Waals surface area (Å²) in [6.07, 6.45) is 0. The Hall–Kier alpha value is -0.320. The standard InChI is InChI=1S/C13H27N3O.ClH/c1-6-15(7-2)13(17)12(5)16-8-10(3)14-11(4)9-16;/h10-12,14H,6-9H2,1-5H3;1H. The first-order valence-corrected chi connectivity index (χ1v) is 6.78. The van der Waals surface area contributed by atoms with Gasteiger partial charge in [0.25, 0.3) is 0 Å². The number of nitrogens with zero attached hydrogens (tertiary/aromatic N) is 2. The van der Waals surface area contributed by atoms with Crippen LogP contribution >= 0.6 is 12.4 Å². The molecule has 108 valence electrons. The number of hydrogen-bond acceptors (Lipinski definition) is 3. The molecule has 1 aliphatic rings. The molecule has 4 nitrogen and oxygen atoms in total. The average Bonchev–Trinajstić information content (AvgIpc) is 2.28. The van der Waals surface area contributed by atoms with Crippen molar-refractivity contribution in [3.8, 4) is 0 Å². The van der Waals surface area contributed by atoms with Crippen LogP contribution in [0.1, 0.15) is 34.6 Å². The van der Waals surface area contributed by atoms with Crippen LogP contribution in [0.3, 0.4) is 0 Å². The molecule has 5 heteroatoms. The molecule has 1 N–H and O–H groups in total. The Morgan fingerprint density at radius 2 is 1.72 bits per heavy atom. The lowest BCUT2D eigenvalue weighted by Gasteiger charge is -2.40. The van der Waals surface area contributed by atoms with Crippen molar-refractivity contribution >= 4 is 18.3 Å². The minimum Gasteiger partial charge on any atom is -0.342 e. The number of amides is 1. The van der Waals surface area contributed by atoms with Gasteiger partial charge >= 0.3 is 0 Å². The molecule has 0 aromatic rings.